The van der Waals surface area contributed by atoms with Crippen molar-refractivity contribution in [1.82, 2.24) is 4.90 Å². The summed E-state index contributed by atoms with van der Waals surface area (Å²) >= 11 is 5.23. The van der Waals surface area contributed by atoms with E-state index in [9.17, 15) is 5.11 Å². The van der Waals surface area contributed by atoms with Crippen molar-refractivity contribution < 1.29 is 5.11 Å². The molecule has 18 heavy (non-hydrogen) atoms. The maximum absolute atomic E-state index is 10.5. The Bertz CT molecular complexity index is 408. The van der Waals surface area contributed by atoms with Crippen molar-refractivity contribution in [3.8, 4) is 0 Å². The molecule has 100 valence electrons. The van der Waals surface area contributed by atoms with Crippen LogP contribution < -0.4 is 0 Å². The molecular formula is C14H20BrNOS. The number of nitrogens with zero attached hydrogens (tertiary/aromatic N) is 1. The molecule has 3 heterocycles. The second kappa shape index (κ2) is 5.23. The van der Waals surface area contributed by atoms with Crippen LogP contribution in [0.1, 0.15) is 30.6 Å². The SMILES string of the molecule is CN1C2CCC1CC(C(O)Cc1ccc(Br)s1)C2. The molecule has 2 aliphatic rings. The normalized spacial score (nSPS) is 33.8. The highest BCUT2D eigenvalue weighted by molar-refractivity contribution is 9.11. The van der Waals surface area contributed by atoms with Crippen LogP contribution in [0.4, 0.5) is 0 Å². The van der Waals surface area contributed by atoms with Crippen LogP contribution in [-0.4, -0.2) is 35.2 Å². The van der Waals surface area contributed by atoms with Gasteiger partial charge in [0.05, 0.1) is 9.89 Å². The van der Waals surface area contributed by atoms with Gasteiger partial charge in [0.15, 0.2) is 0 Å². The van der Waals surface area contributed by atoms with Crippen molar-refractivity contribution in [2.75, 3.05) is 7.05 Å². The predicted octanol–water partition coefficient (Wildman–Crippen LogP) is 3.29. The third-order valence-electron chi connectivity index (χ3n) is 4.72. The Hall–Kier alpha value is 0.1000. The third-order valence-corrected chi connectivity index (χ3v) is 6.36. The van der Waals surface area contributed by atoms with Crippen molar-refractivity contribution in [2.24, 2.45) is 5.92 Å². The van der Waals surface area contributed by atoms with Crippen LogP contribution in [0.25, 0.3) is 0 Å². The molecule has 0 spiro atoms. The van der Waals surface area contributed by atoms with E-state index in [2.05, 4.69) is 40.0 Å². The van der Waals surface area contributed by atoms with Crippen LogP contribution in [0.2, 0.25) is 0 Å². The number of halogens is 1. The predicted molar refractivity (Wildman–Crippen MR) is 79.0 cm³/mol. The van der Waals surface area contributed by atoms with E-state index in [1.54, 1.807) is 11.3 Å². The van der Waals surface area contributed by atoms with E-state index >= 15 is 0 Å². The summed E-state index contributed by atoms with van der Waals surface area (Å²) in [6.07, 6.45) is 5.68. The number of aliphatic hydroxyl groups is 1. The summed E-state index contributed by atoms with van der Waals surface area (Å²) in [6, 6.07) is 5.64. The molecule has 2 aliphatic heterocycles. The summed E-state index contributed by atoms with van der Waals surface area (Å²) in [5, 5.41) is 10.5. The summed E-state index contributed by atoms with van der Waals surface area (Å²) in [5.74, 6) is 0.500. The van der Waals surface area contributed by atoms with Gasteiger partial charge in [0, 0.05) is 23.4 Å². The van der Waals surface area contributed by atoms with Crippen LogP contribution in [0.15, 0.2) is 15.9 Å². The molecule has 0 aromatic carbocycles. The van der Waals surface area contributed by atoms with Gasteiger partial charge in [-0.15, -0.1) is 11.3 Å². The highest BCUT2D eigenvalue weighted by atomic mass is 79.9. The van der Waals surface area contributed by atoms with Gasteiger partial charge < -0.3 is 10.0 Å². The van der Waals surface area contributed by atoms with Gasteiger partial charge in [-0.3, -0.25) is 0 Å². The minimum atomic E-state index is -0.160. The van der Waals surface area contributed by atoms with Crippen molar-refractivity contribution in [3.05, 3.63) is 20.8 Å². The van der Waals surface area contributed by atoms with E-state index in [1.807, 2.05) is 0 Å². The second-order valence-electron chi connectivity index (χ2n) is 5.76. The van der Waals surface area contributed by atoms with E-state index < -0.39 is 0 Å². The van der Waals surface area contributed by atoms with Crippen molar-refractivity contribution in [3.63, 3.8) is 0 Å². The molecule has 1 aromatic rings. The number of aliphatic hydroxyl groups excluding tert-OH is 1. The zero-order chi connectivity index (χ0) is 12.7. The quantitative estimate of drug-likeness (QED) is 0.919. The summed E-state index contributed by atoms with van der Waals surface area (Å²) in [5.41, 5.74) is 0. The molecule has 4 heteroatoms. The number of hydrogen-bond donors (Lipinski definition) is 1. The van der Waals surface area contributed by atoms with E-state index in [1.165, 1.54) is 30.6 Å². The van der Waals surface area contributed by atoms with Gasteiger partial charge in [0.2, 0.25) is 0 Å². The molecule has 0 aliphatic carbocycles. The van der Waals surface area contributed by atoms with Crippen molar-refractivity contribution in [1.29, 1.82) is 0 Å². The molecule has 0 saturated carbocycles. The standard InChI is InChI=1S/C14H20BrNOS/c1-16-10-2-3-11(16)7-9(6-10)13(17)8-12-4-5-14(15)18-12/h4-5,9-11,13,17H,2-3,6-8H2,1H3. The van der Waals surface area contributed by atoms with Crippen LogP contribution in [0.3, 0.4) is 0 Å². The van der Waals surface area contributed by atoms with E-state index in [4.69, 9.17) is 0 Å². The number of hydrogen-bond acceptors (Lipinski definition) is 3. The van der Waals surface area contributed by atoms with E-state index in [0.717, 1.165) is 22.3 Å². The monoisotopic (exact) mass is 329 g/mol. The van der Waals surface area contributed by atoms with Gasteiger partial charge in [-0.1, -0.05) is 0 Å². The first-order valence-corrected chi connectivity index (χ1v) is 8.38. The first kappa shape index (κ1) is 13.1. The lowest BCUT2D eigenvalue weighted by Gasteiger charge is -2.38. The Morgan fingerprint density at radius 3 is 2.61 bits per heavy atom. The van der Waals surface area contributed by atoms with Crippen LogP contribution >= 0.6 is 27.3 Å². The zero-order valence-corrected chi connectivity index (χ0v) is 13.1. The largest absolute Gasteiger partial charge is 0.392 e. The molecule has 2 fully saturated rings. The van der Waals surface area contributed by atoms with Crippen molar-refractivity contribution in [2.45, 2.75) is 50.3 Å². The summed E-state index contributed by atoms with van der Waals surface area (Å²) in [7, 11) is 2.25. The van der Waals surface area contributed by atoms with Crippen molar-refractivity contribution >= 4 is 27.3 Å². The molecule has 1 aromatic heterocycles. The van der Waals surface area contributed by atoms with Gasteiger partial charge >= 0.3 is 0 Å². The first-order valence-electron chi connectivity index (χ1n) is 6.77. The van der Waals surface area contributed by atoms with Gasteiger partial charge in [0.1, 0.15) is 0 Å². The summed E-state index contributed by atoms with van der Waals surface area (Å²) in [4.78, 5) is 3.82. The minimum absolute atomic E-state index is 0.160. The summed E-state index contributed by atoms with van der Waals surface area (Å²) < 4.78 is 1.16. The molecule has 2 bridgehead atoms. The lowest BCUT2D eigenvalue weighted by atomic mass is 9.85. The smallest absolute Gasteiger partial charge is 0.0701 e. The van der Waals surface area contributed by atoms with E-state index in [-0.39, 0.29) is 6.10 Å². The zero-order valence-electron chi connectivity index (χ0n) is 10.7. The molecule has 0 amide bonds. The number of rotatable bonds is 3. The van der Waals surface area contributed by atoms with Crippen LogP contribution in [-0.2, 0) is 6.42 Å². The Kier molecular flexibility index (Phi) is 3.81. The number of fused-ring (bicyclic) bond motifs is 2. The topological polar surface area (TPSA) is 23.5 Å². The van der Waals surface area contributed by atoms with Gasteiger partial charge in [-0.05, 0) is 66.7 Å². The molecule has 3 unspecified atom stereocenters. The fraction of sp³-hybridized carbons (Fsp3) is 0.714. The third kappa shape index (κ3) is 2.53. The maximum atomic E-state index is 10.5. The average molecular weight is 330 g/mol. The lowest BCUT2D eigenvalue weighted by Crippen LogP contribution is -2.43. The first-order chi connectivity index (χ1) is 8.63. The maximum Gasteiger partial charge on any atom is 0.0701 e. The molecule has 3 atom stereocenters. The Morgan fingerprint density at radius 1 is 1.39 bits per heavy atom. The van der Waals surface area contributed by atoms with Gasteiger partial charge in [-0.25, -0.2) is 0 Å². The van der Waals surface area contributed by atoms with Gasteiger partial charge in [0.25, 0.3) is 0 Å². The fourth-order valence-corrected chi connectivity index (χ4v) is 5.13. The highest BCUT2D eigenvalue weighted by Gasteiger charge is 2.40. The molecule has 3 rings (SSSR count). The highest BCUT2D eigenvalue weighted by Crippen LogP contribution is 2.39. The number of piperidine rings is 1. The molecule has 2 nitrogen and oxygen atoms in total. The fourth-order valence-electron chi connectivity index (χ4n) is 3.60. The van der Waals surface area contributed by atoms with E-state index in [0.29, 0.717) is 5.92 Å². The molecule has 0 radical (unpaired) electrons. The second-order valence-corrected chi connectivity index (χ2v) is 8.31. The minimum Gasteiger partial charge on any atom is -0.392 e. The Balaban J connectivity index is 1.62. The molecule has 1 N–H and O–H groups in total. The van der Waals surface area contributed by atoms with Gasteiger partial charge in [-0.2, -0.15) is 0 Å². The molecule has 2 saturated heterocycles. The Labute approximate surface area is 121 Å². The molecular weight excluding hydrogens is 310 g/mol. The lowest BCUT2D eigenvalue weighted by molar-refractivity contribution is 0.0372. The average Bonchev–Trinajstić information content (AvgIpc) is 2.80. The van der Waals surface area contributed by atoms with Crippen LogP contribution in [0, 0.1) is 5.92 Å². The Morgan fingerprint density at radius 2 is 2.06 bits per heavy atom. The number of thiophene rings is 1. The van der Waals surface area contributed by atoms with Crippen LogP contribution in [0.5, 0.6) is 0 Å². The summed E-state index contributed by atoms with van der Waals surface area (Å²) in [6.45, 7) is 0.